The lowest BCUT2D eigenvalue weighted by Crippen LogP contribution is -2.35. The van der Waals surface area contributed by atoms with Crippen molar-refractivity contribution in [3.05, 3.63) is 78.0 Å². The predicted molar refractivity (Wildman–Crippen MR) is 128 cm³/mol. The van der Waals surface area contributed by atoms with Crippen molar-refractivity contribution in [1.82, 2.24) is 20.1 Å². The molecule has 2 aromatic heterocycles. The Balaban J connectivity index is 1.44. The molecule has 3 unspecified atom stereocenters. The molecule has 32 heavy (non-hydrogen) atoms. The molecule has 0 spiro atoms. The van der Waals surface area contributed by atoms with Gasteiger partial charge < -0.3 is 9.32 Å². The van der Waals surface area contributed by atoms with Crippen LogP contribution >= 0.6 is 0 Å². The lowest BCUT2D eigenvalue weighted by Gasteiger charge is -2.38. The van der Waals surface area contributed by atoms with Gasteiger partial charge in [-0.25, -0.2) is 0 Å². The lowest BCUT2D eigenvalue weighted by molar-refractivity contribution is 0.173. The molecule has 5 heteroatoms. The molecule has 0 aliphatic heterocycles. The Bertz CT molecular complexity index is 1010. The maximum absolute atomic E-state index is 6.01. The fraction of sp³-hybridized carbons (Fsp3) is 0.444. The Hall–Kier alpha value is -2.79. The molecule has 3 atom stereocenters. The van der Waals surface area contributed by atoms with E-state index in [4.69, 9.17) is 4.42 Å². The first-order chi connectivity index (χ1) is 15.5. The summed E-state index contributed by atoms with van der Waals surface area (Å²) < 4.78 is 6.01. The first-order valence-corrected chi connectivity index (χ1v) is 11.6. The Kier molecular flexibility index (Phi) is 7.15. The Morgan fingerprint density at radius 1 is 1.09 bits per heavy atom. The van der Waals surface area contributed by atoms with Crippen LogP contribution in [0.15, 0.2) is 70.9 Å². The van der Waals surface area contributed by atoms with E-state index in [1.807, 2.05) is 48.8 Å². The highest BCUT2D eigenvalue weighted by Crippen LogP contribution is 2.39. The van der Waals surface area contributed by atoms with Gasteiger partial charge in [0.2, 0.25) is 11.8 Å². The highest BCUT2D eigenvalue weighted by atomic mass is 16.4. The molecular formula is C27H34N4O. The third-order valence-electron chi connectivity index (χ3n) is 6.69. The SMILES string of the molecule is CC1=CC(CN(C)Cc2cccnc2)C(C(C)C)CC1Cc1nnc(-c2ccccc2)o1. The molecule has 168 valence electrons. The average Bonchev–Trinajstić information content (AvgIpc) is 3.25. The number of allylic oxidation sites excluding steroid dienone is 1. The van der Waals surface area contributed by atoms with Crippen molar-refractivity contribution in [3.63, 3.8) is 0 Å². The summed E-state index contributed by atoms with van der Waals surface area (Å²) >= 11 is 0. The number of pyridine rings is 1. The maximum atomic E-state index is 6.01. The molecule has 0 amide bonds. The van der Waals surface area contributed by atoms with E-state index in [0.717, 1.165) is 37.4 Å². The first-order valence-electron chi connectivity index (χ1n) is 11.6. The molecule has 0 radical (unpaired) electrons. The van der Waals surface area contributed by atoms with Crippen molar-refractivity contribution in [1.29, 1.82) is 0 Å². The molecule has 0 saturated heterocycles. The Morgan fingerprint density at radius 3 is 2.62 bits per heavy atom. The minimum absolute atomic E-state index is 0.450. The zero-order valence-electron chi connectivity index (χ0n) is 19.6. The maximum Gasteiger partial charge on any atom is 0.247 e. The molecule has 0 saturated carbocycles. The van der Waals surface area contributed by atoms with Crippen molar-refractivity contribution in [2.75, 3.05) is 13.6 Å². The lowest BCUT2D eigenvalue weighted by atomic mass is 9.69. The van der Waals surface area contributed by atoms with Gasteiger partial charge in [-0.2, -0.15) is 0 Å². The van der Waals surface area contributed by atoms with Crippen LogP contribution in [-0.4, -0.2) is 33.7 Å². The van der Waals surface area contributed by atoms with Crippen LogP contribution < -0.4 is 0 Å². The van der Waals surface area contributed by atoms with Gasteiger partial charge in [-0.1, -0.05) is 49.8 Å². The van der Waals surface area contributed by atoms with Gasteiger partial charge in [0, 0.05) is 37.5 Å². The molecule has 0 fully saturated rings. The van der Waals surface area contributed by atoms with Crippen molar-refractivity contribution in [2.24, 2.45) is 23.7 Å². The summed E-state index contributed by atoms with van der Waals surface area (Å²) in [6.45, 7) is 8.95. The zero-order chi connectivity index (χ0) is 22.5. The number of hydrogen-bond donors (Lipinski definition) is 0. The second-order valence-corrected chi connectivity index (χ2v) is 9.54. The largest absolute Gasteiger partial charge is 0.421 e. The monoisotopic (exact) mass is 430 g/mol. The van der Waals surface area contributed by atoms with Gasteiger partial charge in [-0.05, 0) is 67.8 Å². The minimum atomic E-state index is 0.450. The highest BCUT2D eigenvalue weighted by Gasteiger charge is 2.33. The summed E-state index contributed by atoms with van der Waals surface area (Å²) in [7, 11) is 2.21. The molecule has 3 aromatic rings. The second-order valence-electron chi connectivity index (χ2n) is 9.54. The van der Waals surface area contributed by atoms with Crippen LogP contribution in [0.25, 0.3) is 11.5 Å². The molecular weight excluding hydrogens is 396 g/mol. The van der Waals surface area contributed by atoms with E-state index in [0.29, 0.717) is 29.6 Å². The molecule has 0 N–H and O–H groups in total. The summed E-state index contributed by atoms with van der Waals surface area (Å²) in [5.41, 5.74) is 3.68. The molecule has 1 aliphatic carbocycles. The number of aromatic nitrogens is 3. The average molecular weight is 431 g/mol. The van der Waals surface area contributed by atoms with Gasteiger partial charge in [-0.3, -0.25) is 4.98 Å². The van der Waals surface area contributed by atoms with Crippen molar-refractivity contribution in [2.45, 2.75) is 40.2 Å². The van der Waals surface area contributed by atoms with Crippen LogP contribution in [-0.2, 0) is 13.0 Å². The fourth-order valence-corrected chi connectivity index (χ4v) is 4.96. The number of benzene rings is 1. The molecule has 1 aromatic carbocycles. The number of nitrogens with zero attached hydrogens (tertiary/aromatic N) is 4. The molecule has 2 heterocycles. The van der Waals surface area contributed by atoms with Gasteiger partial charge in [0.1, 0.15) is 0 Å². The standard InChI is InChI=1S/C27H34N4O/c1-19(2)25-14-23(15-26-29-30-27(32-26)22-10-6-5-7-11-22)20(3)13-24(25)18-31(4)17-21-9-8-12-28-16-21/h5-13,16,19,23-25H,14-15,17-18H2,1-4H3. The van der Waals surface area contributed by atoms with E-state index >= 15 is 0 Å². The molecule has 1 aliphatic rings. The predicted octanol–water partition coefficient (Wildman–Crippen LogP) is 5.66. The minimum Gasteiger partial charge on any atom is -0.421 e. The number of hydrogen-bond acceptors (Lipinski definition) is 5. The second kappa shape index (κ2) is 10.2. The molecule has 4 rings (SSSR count). The summed E-state index contributed by atoms with van der Waals surface area (Å²) in [6.07, 6.45) is 8.27. The van der Waals surface area contributed by atoms with Gasteiger partial charge >= 0.3 is 0 Å². The van der Waals surface area contributed by atoms with Gasteiger partial charge in [0.15, 0.2) is 0 Å². The summed E-state index contributed by atoms with van der Waals surface area (Å²) in [6, 6.07) is 14.1. The Labute approximate surface area is 191 Å². The van der Waals surface area contributed by atoms with E-state index in [1.54, 1.807) is 0 Å². The topological polar surface area (TPSA) is 55.1 Å². The fourth-order valence-electron chi connectivity index (χ4n) is 4.96. The van der Waals surface area contributed by atoms with E-state index in [2.05, 4.69) is 60.0 Å². The van der Waals surface area contributed by atoms with Crippen LogP contribution in [0, 0.1) is 23.7 Å². The van der Waals surface area contributed by atoms with E-state index in [1.165, 1.54) is 11.1 Å². The van der Waals surface area contributed by atoms with Crippen molar-refractivity contribution < 1.29 is 4.42 Å². The van der Waals surface area contributed by atoms with E-state index < -0.39 is 0 Å². The van der Waals surface area contributed by atoms with Crippen LogP contribution in [0.5, 0.6) is 0 Å². The molecule has 5 nitrogen and oxygen atoms in total. The molecule has 0 bridgehead atoms. The van der Waals surface area contributed by atoms with Crippen molar-refractivity contribution in [3.8, 4) is 11.5 Å². The number of rotatable bonds is 8. The van der Waals surface area contributed by atoms with Gasteiger partial charge in [-0.15, -0.1) is 10.2 Å². The highest BCUT2D eigenvalue weighted by molar-refractivity contribution is 5.51. The smallest absolute Gasteiger partial charge is 0.247 e. The quantitative estimate of drug-likeness (QED) is 0.432. The Morgan fingerprint density at radius 2 is 1.91 bits per heavy atom. The van der Waals surface area contributed by atoms with Crippen molar-refractivity contribution >= 4 is 0 Å². The van der Waals surface area contributed by atoms with Crippen LogP contribution in [0.3, 0.4) is 0 Å². The third kappa shape index (κ3) is 5.52. The van der Waals surface area contributed by atoms with Crippen LogP contribution in [0.2, 0.25) is 0 Å². The zero-order valence-corrected chi connectivity index (χ0v) is 19.6. The van der Waals surface area contributed by atoms with E-state index in [9.17, 15) is 0 Å². The summed E-state index contributed by atoms with van der Waals surface area (Å²) in [5.74, 6) is 3.60. The summed E-state index contributed by atoms with van der Waals surface area (Å²) in [5, 5.41) is 8.62. The van der Waals surface area contributed by atoms with E-state index in [-0.39, 0.29) is 0 Å². The third-order valence-corrected chi connectivity index (χ3v) is 6.69. The van der Waals surface area contributed by atoms with Gasteiger partial charge in [0.25, 0.3) is 0 Å². The normalized spacial score (nSPS) is 21.2. The van der Waals surface area contributed by atoms with Gasteiger partial charge in [0.05, 0.1) is 0 Å². The van der Waals surface area contributed by atoms with Crippen LogP contribution in [0.4, 0.5) is 0 Å². The van der Waals surface area contributed by atoms with Crippen LogP contribution in [0.1, 0.15) is 38.6 Å². The summed E-state index contributed by atoms with van der Waals surface area (Å²) in [4.78, 5) is 6.67. The first kappa shape index (κ1) is 22.4.